The normalized spacial score (nSPS) is 15.7. The average molecular weight is 413 g/mol. The quantitative estimate of drug-likeness (QED) is 0.538. The average Bonchev–Trinajstić information content (AvgIpc) is 2.81. The molecule has 7 heteroatoms. The van der Waals surface area contributed by atoms with Gasteiger partial charge in [0.15, 0.2) is 5.96 Å². The summed E-state index contributed by atoms with van der Waals surface area (Å²) in [6.07, 6.45) is -0.783. The van der Waals surface area contributed by atoms with Gasteiger partial charge in [-0.1, -0.05) is 18.2 Å². The van der Waals surface area contributed by atoms with Crippen LogP contribution in [0, 0.1) is 0 Å². The van der Waals surface area contributed by atoms with Crippen LogP contribution in [0.3, 0.4) is 0 Å². The third-order valence-corrected chi connectivity index (χ3v) is 5.25. The molecule has 2 aromatic rings. The number of ether oxygens (including phenoxy) is 2. The number of anilines is 1. The number of hydrogen-bond acceptors (Lipinski definition) is 5. The standard InChI is InChI=1S/C23H32N4O3/c1-4-24-23(27-14-12-26(13-15-27)18-8-6-5-7-9-18)25-17-21(28)20-16-19(29-2)10-11-22(20)30-3/h5-11,16,21,28H,4,12-15,17H2,1-3H3,(H,24,25). The topological polar surface area (TPSA) is 69.6 Å². The summed E-state index contributed by atoms with van der Waals surface area (Å²) in [6, 6.07) is 15.9. The molecule has 1 aliphatic heterocycles. The summed E-state index contributed by atoms with van der Waals surface area (Å²) in [5.41, 5.74) is 1.92. The Morgan fingerprint density at radius 2 is 1.80 bits per heavy atom. The van der Waals surface area contributed by atoms with E-state index in [0.717, 1.165) is 38.7 Å². The fraction of sp³-hybridized carbons (Fsp3) is 0.435. The number of benzene rings is 2. The molecule has 0 amide bonds. The van der Waals surface area contributed by atoms with E-state index in [1.54, 1.807) is 26.4 Å². The number of para-hydroxylation sites is 1. The van der Waals surface area contributed by atoms with Crippen LogP contribution in [-0.2, 0) is 0 Å². The molecular weight excluding hydrogens is 380 g/mol. The second-order valence-electron chi connectivity index (χ2n) is 7.13. The fourth-order valence-corrected chi connectivity index (χ4v) is 3.61. The highest BCUT2D eigenvalue weighted by Gasteiger charge is 2.21. The molecule has 0 saturated carbocycles. The Morgan fingerprint density at radius 1 is 1.07 bits per heavy atom. The van der Waals surface area contributed by atoms with E-state index in [1.165, 1.54) is 5.69 Å². The van der Waals surface area contributed by atoms with Gasteiger partial charge < -0.3 is 29.7 Å². The molecule has 3 rings (SSSR count). The van der Waals surface area contributed by atoms with Crippen LogP contribution in [0.2, 0.25) is 0 Å². The number of aliphatic hydroxyl groups is 1. The Bertz CT molecular complexity index is 820. The maximum atomic E-state index is 10.8. The van der Waals surface area contributed by atoms with Crippen LogP contribution in [0.5, 0.6) is 11.5 Å². The van der Waals surface area contributed by atoms with Crippen molar-refractivity contribution >= 4 is 11.6 Å². The molecule has 0 radical (unpaired) electrons. The highest BCUT2D eigenvalue weighted by molar-refractivity contribution is 5.80. The lowest BCUT2D eigenvalue weighted by Gasteiger charge is -2.37. The van der Waals surface area contributed by atoms with Crippen molar-refractivity contribution in [3.8, 4) is 11.5 Å². The van der Waals surface area contributed by atoms with Crippen molar-refractivity contribution in [2.75, 3.05) is 58.4 Å². The SMILES string of the molecule is CCNC(=NCC(O)c1cc(OC)ccc1OC)N1CCN(c2ccccc2)CC1. The minimum Gasteiger partial charge on any atom is -0.497 e. The van der Waals surface area contributed by atoms with Crippen LogP contribution < -0.4 is 19.7 Å². The number of guanidine groups is 1. The fourth-order valence-electron chi connectivity index (χ4n) is 3.61. The third kappa shape index (κ3) is 5.36. The van der Waals surface area contributed by atoms with E-state index in [4.69, 9.17) is 14.5 Å². The van der Waals surface area contributed by atoms with Gasteiger partial charge in [-0.3, -0.25) is 4.99 Å². The third-order valence-electron chi connectivity index (χ3n) is 5.25. The maximum absolute atomic E-state index is 10.8. The van der Waals surface area contributed by atoms with Crippen molar-refractivity contribution in [2.45, 2.75) is 13.0 Å². The van der Waals surface area contributed by atoms with Gasteiger partial charge in [0.25, 0.3) is 0 Å². The summed E-state index contributed by atoms with van der Waals surface area (Å²) in [5, 5.41) is 14.1. The number of methoxy groups -OCH3 is 2. The van der Waals surface area contributed by atoms with Crippen molar-refractivity contribution in [3.05, 3.63) is 54.1 Å². The number of aliphatic imine (C=N–C) groups is 1. The van der Waals surface area contributed by atoms with Crippen LogP contribution >= 0.6 is 0 Å². The maximum Gasteiger partial charge on any atom is 0.194 e. The zero-order valence-corrected chi connectivity index (χ0v) is 18.0. The molecule has 7 nitrogen and oxygen atoms in total. The van der Waals surface area contributed by atoms with E-state index in [1.807, 2.05) is 12.1 Å². The molecule has 1 heterocycles. The van der Waals surface area contributed by atoms with Crippen LogP contribution in [-0.4, -0.2) is 69.5 Å². The number of piperazine rings is 1. The van der Waals surface area contributed by atoms with Gasteiger partial charge >= 0.3 is 0 Å². The van der Waals surface area contributed by atoms with Gasteiger partial charge in [-0.2, -0.15) is 0 Å². The molecule has 30 heavy (non-hydrogen) atoms. The molecule has 0 spiro atoms. The predicted octanol–water partition coefficient (Wildman–Crippen LogP) is 2.52. The van der Waals surface area contributed by atoms with Crippen LogP contribution in [0.25, 0.3) is 0 Å². The van der Waals surface area contributed by atoms with Gasteiger partial charge in [-0.15, -0.1) is 0 Å². The molecule has 0 bridgehead atoms. The first kappa shape index (κ1) is 21.8. The van der Waals surface area contributed by atoms with Crippen molar-refractivity contribution in [2.24, 2.45) is 4.99 Å². The van der Waals surface area contributed by atoms with E-state index in [9.17, 15) is 5.11 Å². The smallest absolute Gasteiger partial charge is 0.194 e. The summed E-state index contributed by atoms with van der Waals surface area (Å²) in [6.45, 7) is 6.68. The molecule has 0 aromatic heterocycles. The molecule has 1 saturated heterocycles. The van der Waals surface area contributed by atoms with Crippen LogP contribution in [0.4, 0.5) is 5.69 Å². The number of rotatable bonds is 7. The number of nitrogens with zero attached hydrogens (tertiary/aromatic N) is 3. The number of hydrogen-bond donors (Lipinski definition) is 2. The Hall–Kier alpha value is -2.93. The van der Waals surface area contributed by atoms with E-state index >= 15 is 0 Å². The van der Waals surface area contributed by atoms with E-state index in [0.29, 0.717) is 17.1 Å². The predicted molar refractivity (Wildman–Crippen MR) is 121 cm³/mol. The van der Waals surface area contributed by atoms with Crippen molar-refractivity contribution in [3.63, 3.8) is 0 Å². The van der Waals surface area contributed by atoms with Crippen molar-refractivity contribution in [1.29, 1.82) is 0 Å². The van der Waals surface area contributed by atoms with E-state index in [2.05, 4.69) is 46.3 Å². The first-order valence-electron chi connectivity index (χ1n) is 10.4. The molecule has 1 fully saturated rings. The molecule has 1 unspecified atom stereocenters. The first-order chi connectivity index (χ1) is 14.7. The van der Waals surface area contributed by atoms with Gasteiger partial charge in [0.2, 0.25) is 0 Å². The lowest BCUT2D eigenvalue weighted by atomic mass is 10.1. The zero-order valence-electron chi connectivity index (χ0n) is 18.0. The van der Waals surface area contributed by atoms with Crippen molar-refractivity contribution in [1.82, 2.24) is 10.2 Å². The van der Waals surface area contributed by atoms with Gasteiger partial charge in [-0.05, 0) is 37.3 Å². The molecule has 162 valence electrons. The highest BCUT2D eigenvalue weighted by atomic mass is 16.5. The molecule has 1 aliphatic rings. The van der Waals surface area contributed by atoms with Gasteiger partial charge in [0, 0.05) is 44.0 Å². The minimum absolute atomic E-state index is 0.241. The summed E-state index contributed by atoms with van der Waals surface area (Å²) in [7, 11) is 3.20. The van der Waals surface area contributed by atoms with Gasteiger partial charge in [0.1, 0.15) is 17.6 Å². The lowest BCUT2D eigenvalue weighted by molar-refractivity contribution is 0.181. The van der Waals surface area contributed by atoms with Crippen LogP contribution in [0.1, 0.15) is 18.6 Å². The highest BCUT2D eigenvalue weighted by Crippen LogP contribution is 2.29. The summed E-state index contributed by atoms with van der Waals surface area (Å²) in [4.78, 5) is 9.34. The molecule has 2 N–H and O–H groups in total. The molecular formula is C23H32N4O3. The summed E-state index contributed by atoms with van der Waals surface area (Å²) < 4.78 is 10.7. The Labute approximate surface area is 178 Å². The largest absolute Gasteiger partial charge is 0.497 e. The number of nitrogens with one attached hydrogen (secondary N) is 1. The lowest BCUT2D eigenvalue weighted by Crippen LogP contribution is -2.52. The monoisotopic (exact) mass is 412 g/mol. The van der Waals surface area contributed by atoms with Crippen LogP contribution in [0.15, 0.2) is 53.5 Å². The Morgan fingerprint density at radius 3 is 2.43 bits per heavy atom. The van der Waals surface area contributed by atoms with Crippen molar-refractivity contribution < 1.29 is 14.6 Å². The van der Waals surface area contributed by atoms with E-state index < -0.39 is 6.10 Å². The zero-order chi connectivity index (χ0) is 21.3. The Balaban J connectivity index is 1.66. The van der Waals surface area contributed by atoms with Gasteiger partial charge in [0.05, 0.1) is 20.8 Å². The minimum atomic E-state index is -0.783. The first-order valence-corrected chi connectivity index (χ1v) is 10.4. The summed E-state index contributed by atoms with van der Waals surface area (Å²) in [5.74, 6) is 2.13. The number of aliphatic hydroxyl groups excluding tert-OH is 1. The second kappa shape index (κ2) is 10.7. The molecule has 1 atom stereocenters. The second-order valence-corrected chi connectivity index (χ2v) is 7.13. The van der Waals surface area contributed by atoms with E-state index in [-0.39, 0.29) is 6.54 Å². The van der Waals surface area contributed by atoms with Gasteiger partial charge in [-0.25, -0.2) is 0 Å². The molecule has 0 aliphatic carbocycles. The Kier molecular flexibility index (Phi) is 7.79. The summed E-state index contributed by atoms with van der Waals surface area (Å²) >= 11 is 0. The molecule has 2 aromatic carbocycles.